The highest BCUT2D eigenvalue weighted by atomic mass is 35.5. The van der Waals surface area contributed by atoms with Crippen molar-refractivity contribution in [3.8, 4) is 0 Å². The molecule has 0 bridgehead atoms. The molecule has 0 spiro atoms. The van der Waals surface area contributed by atoms with Crippen LogP contribution in [0.2, 0.25) is 5.02 Å². The number of hydrogen-bond donors (Lipinski definition) is 1. The topological polar surface area (TPSA) is 58.6 Å². The molecule has 1 heterocycles. The molecule has 1 aliphatic rings. The van der Waals surface area contributed by atoms with Gasteiger partial charge in [0.05, 0.1) is 18.4 Å². The van der Waals surface area contributed by atoms with Crippen molar-refractivity contribution in [2.24, 2.45) is 0 Å². The van der Waals surface area contributed by atoms with Crippen LogP contribution in [0.25, 0.3) is 0 Å². The summed E-state index contributed by atoms with van der Waals surface area (Å²) < 4.78 is 31.8. The number of halogens is 1. The van der Waals surface area contributed by atoms with Gasteiger partial charge in [-0.1, -0.05) is 29.8 Å². The van der Waals surface area contributed by atoms with Gasteiger partial charge in [-0.05, 0) is 18.6 Å². The number of nitrogens with zero attached hydrogens (tertiary/aromatic N) is 1. The largest absolute Gasteiger partial charge is 0.381 e. The predicted octanol–water partition coefficient (Wildman–Crippen LogP) is 1.65. The Morgan fingerprint density at radius 1 is 1.43 bits per heavy atom. The van der Waals surface area contributed by atoms with Crippen LogP contribution in [-0.4, -0.2) is 51.3 Å². The third-order valence-electron chi connectivity index (χ3n) is 3.51. The fourth-order valence-electron chi connectivity index (χ4n) is 2.45. The highest BCUT2D eigenvalue weighted by Gasteiger charge is 2.33. The maximum absolute atomic E-state index is 12.5. The van der Waals surface area contributed by atoms with Gasteiger partial charge in [-0.2, -0.15) is 4.31 Å². The molecule has 0 radical (unpaired) electrons. The molecule has 1 aliphatic heterocycles. The van der Waals surface area contributed by atoms with Crippen molar-refractivity contribution >= 4 is 21.6 Å². The quantitative estimate of drug-likeness (QED) is 0.805. The molecule has 0 saturated carbocycles. The molecule has 1 unspecified atom stereocenters. The first-order valence-corrected chi connectivity index (χ1v) is 9.07. The predicted molar refractivity (Wildman–Crippen MR) is 84.0 cm³/mol. The van der Waals surface area contributed by atoms with Gasteiger partial charge in [0.15, 0.2) is 0 Å². The Kier molecular flexibility index (Phi) is 6.01. The summed E-state index contributed by atoms with van der Waals surface area (Å²) in [5, 5.41) is 3.83. The first-order valence-electron chi connectivity index (χ1n) is 7.08. The van der Waals surface area contributed by atoms with Crippen LogP contribution < -0.4 is 5.32 Å². The standard InChI is InChI=1S/C14H21ClN2O3S/c1-2-20-9-10-21(18,19)17-8-7-16-11-14(17)12-5-3-4-6-13(12)15/h3-6,14,16H,2,7-11H2,1H3. The summed E-state index contributed by atoms with van der Waals surface area (Å²) >= 11 is 6.23. The summed E-state index contributed by atoms with van der Waals surface area (Å²) in [6, 6.07) is 7.12. The van der Waals surface area contributed by atoms with Gasteiger partial charge in [0, 0.05) is 31.3 Å². The smallest absolute Gasteiger partial charge is 0.217 e. The Morgan fingerprint density at radius 2 is 2.19 bits per heavy atom. The van der Waals surface area contributed by atoms with Crippen LogP contribution >= 0.6 is 11.6 Å². The number of nitrogens with one attached hydrogen (secondary N) is 1. The average molecular weight is 333 g/mol. The summed E-state index contributed by atoms with van der Waals surface area (Å²) in [5.41, 5.74) is 0.839. The van der Waals surface area contributed by atoms with Crippen LogP contribution in [0, 0.1) is 0 Å². The summed E-state index contributed by atoms with van der Waals surface area (Å²) in [4.78, 5) is 0. The van der Waals surface area contributed by atoms with Crippen LogP contribution in [-0.2, 0) is 14.8 Å². The molecule has 1 N–H and O–H groups in total. The van der Waals surface area contributed by atoms with Crippen LogP contribution in [0.1, 0.15) is 18.5 Å². The maximum Gasteiger partial charge on any atom is 0.217 e. The fraction of sp³-hybridized carbons (Fsp3) is 0.571. The van der Waals surface area contributed by atoms with Crippen molar-refractivity contribution in [3.05, 3.63) is 34.9 Å². The lowest BCUT2D eigenvalue weighted by molar-refractivity contribution is 0.161. The molecule has 5 nitrogen and oxygen atoms in total. The minimum Gasteiger partial charge on any atom is -0.381 e. The zero-order valence-corrected chi connectivity index (χ0v) is 13.7. The minimum absolute atomic E-state index is 0.00178. The van der Waals surface area contributed by atoms with Gasteiger partial charge in [-0.25, -0.2) is 8.42 Å². The first-order chi connectivity index (χ1) is 10.1. The number of ether oxygens (including phenoxy) is 1. The highest BCUT2D eigenvalue weighted by molar-refractivity contribution is 7.89. The number of rotatable bonds is 6. The molecule has 1 aromatic carbocycles. The lowest BCUT2D eigenvalue weighted by Crippen LogP contribution is -2.49. The van der Waals surface area contributed by atoms with Crippen molar-refractivity contribution in [3.63, 3.8) is 0 Å². The molecule has 1 aromatic rings. The number of benzene rings is 1. The molecule has 118 valence electrons. The molecule has 0 aliphatic carbocycles. The molecule has 0 aromatic heterocycles. The second-order valence-corrected chi connectivity index (χ2v) is 7.31. The van der Waals surface area contributed by atoms with E-state index in [0.29, 0.717) is 31.3 Å². The Balaban J connectivity index is 2.21. The summed E-state index contributed by atoms with van der Waals surface area (Å²) in [5.74, 6) is 0.00178. The molecular weight excluding hydrogens is 312 g/mol. The van der Waals surface area contributed by atoms with E-state index in [9.17, 15) is 8.42 Å². The first kappa shape index (κ1) is 16.7. The lowest BCUT2D eigenvalue weighted by atomic mass is 10.1. The van der Waals surface area contributed by atoms with Gasteiger partial charge in [-0.3, -0.25) is 0 Å². The number of hydrogen-bond acceptors (Lipinski definition) is 4. The van der Waals surface area contributed by atoms with Crippen molar-refractivity contribution in [2.75, 3.05) is 38.6 Å². The number of sulfonamides is 1. The summed E-state index contributed by atoms with van der Waals surface area (Å²) in [7, 11) is -3.36. The summed E-state index contributed by atoms with van der Waals surface area (Å²) in [6.07, 6.45) is 0. The van der Waals surface area contributed by atoms with Crippen molar-refractivity contribution in [2.45, 2.75) is 13.0 Å². The van der Waals surface area contributed by atoms with Gasteiger partial charge in [0.25, 0.3) is 0 Å². The van der Waals surface area contributed by atoms with Gasteiger partial charge in [-0.15, -0.1) is 0 Å². The van der Waals surface area contributed by atoms with E-state index in [2.05, 4.69) is 5.32 Å². The molecule has 2 rings (SSSR count). The van der Waals surface area contributed by atoms with E-state index in [1.54, 1.807) is 10.4 Å². The normalized spacial score (nSPS) is 20.6. The van der Waals surface area contributed by atoms with Gasteiger partial charge >= 0.3 is 0 Å². The molecule has 1 fully saturated rings. The van der Waals surface area contributed by atoms with Crippen LogP contribution in [0.15, 0.2) is 24.3 Å². The third-order valence-corrected chi connectivity index (χ3v) is 5.68. The third kappa shape index (κ3) is 4.17. The minimum atomic E-state index is -3.36. The SMILES string of the molecule is CCOCCS(=O)(=O)N1CCNCC1c1ccccc1Cl. The van der Waals surface area contributed by atoms with Crippen LogP contribution in [0.4, 0.5) is 0 Å². The van der Waals surface area contributed by atoms with E-state index in [0.717, 1.165) is 5.56 Å². The van der Waals surface area contributed by atoms with E-state index in [1.165, 1.54) is 0 Å². The zero-order chi connectivity index (χ0) is 15.3. The van der Waals surface area contributed by atoms with Gasteiger partial charge in [0.1, 0.15) is 0 Å². The van der Waals surface area contributed by atoms with E-state index in [4.69, 9.17) is 16.3 Å². The lowest BCUT2D eigenvalue weighted by Gasteiger charge is -2.35. The van der Waals surface area contributed by atoms with Crippen LogP contribution in [0.3, 0.4) is 0 Å². The average Bonchev–Trinajstić information content (AvgIpc) is 2.48. The Morgan fingerprint density at radius 3 is 2.90 bits per heavy atom. The molecule has 0 amide bonds. The summed E-state index contributed by atoms with van der Waals surface area (Å²) in [6.45, 7) is 4.25. The number of piperazine rings is 1. The molecule has 1 saturated heterocycles. The Bertz CT molecular complexity index is 565. The Hall–Kier alpha value is -0.660. The van der Waals surface area contributed by atoms with Gasteiger partial charge in [0.2, 0.25) is 10.0 Å². The van der Waals surface area contributed by atoms with Crippen molar-refractivity contribution < 1.29 is 13.2 Å². The zero-order valence-electron chi connectivity index (χ0n) is 12.1. The van der Waals surface area contributed by atoms with E-state index in [-0.39, 0.29) is 18.4 Å². The second kappa shape index (κ2) is 7.56. The van der Waals surface area contributed by atoms with Crippen molar-refractivity contribution in [1.82, 2.24) is 9.62 Å². The van der Waals surface area contributed by atoms with Crippen molar-refractivity contribution in [1.29, 1.82) is 0 Å². The molecule has 1 atom stereocenters. The monoisotopic (exact) mass is 332 g/mol. The maximum atomic E-state index is 12.5. The molecule has 21 heavy (non-hydrogen) atoms. The van der Waals surface area contributed by atoms with Gasteiger partial charge < -0.3 is 10.1 Å². The Labute approximate surface area is 131 Å². The van der Waals surface area contributed by atoms with E-state index < -0.39 is 10.0 Å². The molecular formula is C14H21ClN2O3S. The molecule has 7 heteroatoms. The van der Waals surface area contributed by atoms with E-state index in [1.807, 2.05) is 25.1 Å². The second-order valence-electron chi connectivity index (χ2n) is 4.87. The van der Waals surface area contributed by atoms with Crippen LogP contribution in [0.5, 0.6) is 0 Å². The fourth-order valence-corrected chi connectivity index (χ4v) is 4.22. The highest BCUT2D eigenvalue weighted by Crippen LogP contribution is 2.30. The van der Waals surface area contributed by atoms with E-state index >= 15 is 0 Å².